The van der Waals surface area contributed by atoms with Crippen LogP contribution in [0.1, 0.15) is 52.4 Å². The van der Waals surface area contributed by atoms with Gasteiger partial charge in [-0.3, -0.25) is 0 Å². The highest BCUT2D eigenvalue weighted by molar-refractivity contribution is 5.03. The third-order valence-electron chi connectivity index (χ3n) is 2.96. The summed E-state index contributed by atoms with van der Waals surface area (Å²) in [5.74, 6) is 0. The maximum absolute atomic E-state index is 2.61. The monoisotopic (exact) mass is 195 g/mol. The van der Waals surface area contributed by atoms with E-state index in [2.05, 4.69) is 24.8 Å². The molecule has 0 aliphatic carbocycles. The average Bonchev–Trinajstić information content (AvgIpc) is 2.13. The van der Waals surface area contributed by atoms with Crippen LogP contribution in [-0.4, -0.2) is 24.5 Å². The van der Waals surface area contributed by atoms with Crippen molar-refractivity contribution in [3.63, 3.8) is 0 Å². The molecular weight excluding hydrogens is 170 g/mol. The first-order valence-corrected chi connectivity index (χ1v) is 6.27. The van der Waals surface area contributed by atoms with Crippen LogP contribution in [0.15, 0.2) is 11.6 Å². The molecule has 0 unspecified atom stereocenters. The van der Waals surface area contributed by atoms with Gasteiger partial charge in [0.05, 0.1) is 0 Å². The first-order valence-electron chi connectivity index (χ1n) is 6.27. The van der Waals surface area contributed by atoms with Crippen LogP contribution in [0.25, 0.3) is 0 Å². The molecule has 1 aliphatic rings. The molecule has 0 aromatic heterocycles. The second-order valence-electron chi connectivity index (χ2n) is 4.35. The predicted octanol–water partition coefficient (Wildman–Crippen LogP) is 3.61. The molecule has 1 aliphatic heterocycles. The van der Waals surface area contributed by atoms with Crippen molar-refractivity contribution in [3.8, 4) is 0 Å². The summed E-state index contributed by atoms with van der Waals surface area (Å²) in [7, 11) is 0. The van der Waals surface area contributed by atoms with E-state index in [0.29, 0.717) is 0 Å². The van der Waals surface area contributed by atoms with E-state index in [4.69, 9.17) is 0 Å². The van der Waals surface area contributed by atoms with Gasteiger partial charge in [0.1, 0.15) is 0 Å². The molecule has 1 rings (SSSR count). The summed E-state index contributed by atoms with van der Waals surface area (Å²) in [5.41, 5.74) is 1.71. The van der Waals surface area contributed by atoms with E-state index in [1.165, 1.54) is 58.2 Å². The zero-order valence-corrected chi connectivity index (χ0v) is 9.89. The van der Waals surface area contributed by atoms with Gasteiger partial charge >= 0.3 is 0 Å². The van der Waals surface area contributed by atoms with Gasteiger partial charge in [-0.25, -0.2) is 0 Å². The minimum Gasteiger partial charge on any atom is -0.303 e. The van der Waals surface area contributed by atoms with Gasteiger partial charge in [-0.05, 0) is 45.2 Å². The molecule has 0 fully saturated rings. The van der Waals surface area contributed by atoms with Gasteiger partial charge in [0.25, 0.3) is 0 Å². The molecule has 14 heavy (non-hydrogen) atoms. The van der Waals surface area contributed by atoms with E-state index in [9.17, 15) is 0 Å². The number of nitrogens with zero attached hydrogens (tertiary/aromatic N) is 1. The van der Waals surface area contributed by atoms with Crippen LogP contribution in [0.2, 0.25) is 0 Å². The van der Waals surface area contributed by atoms with Crippen molar-refractivity contribution in [1.29, 1.82) is 0 Å². The smallest absolute Gasteiger partial charge is 0.00160 e. The lowest BCUT2D eigenvalue weighted by Gasteiger charge is -2.23. The summed E-state index contributed by atoms with van der Waals surface area (Å²) in [6.07, 6.45) is 10.4. The Bertz CT molecular complexity index is 172. The van der Waals surface area contributed by atoms with Crippen molar-refractivity contribution in [3.05, 3.63) is 11.6 Å². The van der Waals surface area contributed by atoms with Crippen molar-refractivity contribution in [1.82, 2.24) is 4.90 Å². The van der Waals surface area contributed by atoms with E-state index in [0.717, 1.165) is 0 Å². The molecule has 0 atom stereocenters. The minimum absolute atomic E-state index is 1.27. The third kappa shape index (κ3) is 4.28. The molecule has 0 radical (unpaired) electrons. The predicted molar refractivity (Wildman–Crippen MR) is 63.6 cm³/mol. The first kappa shape index (κ1) is 11.8. The van der Waals surface area contributed by atoms with Gasteiger partial charge in [-0.15, -0.1) is 0 Å². The molecule has 1 nitrogen and oxygen atoms in total. The van der Waals surface area contributed by atoms with Crippen molar-refractivity contribution < 1.29 is 0 Å². The Morgan fingerprint density at radius 1 is 1.21 bits per heavy atom. The highest BCUT2D eigenvalue weighted by atomic mass is 15.1. The summed E-state index contributed by atoms with van der Waals surface area (Å²) >= 11 is 0. The van der Waals surface area contributed by atoms with Gasteiger partial charge in [-0.2, -0.15) is 0 Å². The molecule has 0 N–H and O–H groups in total. The SMILES string of the molecule is CCC/C1=C\CCN(CCC)CCC1. The largest absolute Gasteiger partial charge is 0.303 e. The Balaban J connectivity index is 2.33. The summed E-state index contributed by atoms with van der Waals surface area (Å²) < 4.78 is 0. The first-order chi connectivity index (χ1) is 6.86. The molecule has 1 heterocycles. The molecular formula is C13H25N. The van der Waals surface area contributed by atoms with E-state index >= 15 is 0 Å². The molecule has 1 heteroatoms. The fourth-order valence-electron chi connectivity index (χ4n) is 2.28. The van der Waals surface area contributed by atoms with Crippen molar-refractivity contribution in [2.75, 3.05) is 19.6 Å². The van der Waals surface area contributed by atoms with Gasteiger partial charge in [0.15, 0.2) is 0 Å². The highest BCUT2D eigenvalue weighted by Gasteiger charge is 2.07. The molecule has 0 amide bonds. The van der Waals surface area contributed by atoms with Crippen LogP contribution >= 0.6 is 0 Å². The standard InChI is InChI=1S/C13H25N/c1-3-7-13-8-5-11-14(10-4-2)12-6-9-13/h8H,3-7,9-12H2,1-2H3/b13-8+. The normalized spacial score (nSPS) is 23.7. The average molecular weight is 195 g/mol. The van der Waals surface area contributed by atoms with Gasteiger partial charge in [0, 0.05) is 6.54 Å². The fourth-order valence-corrected chi connectivity index (χ4v) is 2.28. The molecule has 0 saturated heterocycles. The van der Waals surface area contributed by atoms with Gasteiger partial charge < -0.3 is 4.90 Å². The van der Waals surface area contributed by atoms with Crippen LogP contribution in [0.3, 0.4) is 0 Å². The van der Waals surface area contributed by atoms with Crippen molar-refractivity contribution in [2.24, 2.45) is 0 Å². The van der Waals surface area contributed by atoms with Crippen LogP contribution < -0.4 is 0 Å². The maximum atomic E-state index is 2.61. The summed E-state index contributed by atoms with van der Waals surface area (Å²) in [4.78, 5) is 2.61. The second kappa shape index (κ2) is 7.05. The molecule has 0 aromatic rings. The van der Waals surface area contributed by atoms with Gasteiger partial charge in [0.2, 0.25) is 0 Å². The highest BCUT2D eigenvalue weighted by Crippen LogP contribution is 2.16. The Morgan fingerprint density at radius 3 is 2.79 bits per heavy atom. The lowest BCUT2D eigenvalue weighted by atomic mass is 10.0. The number of hydrogen-bond donors (Lipinski definition) is 0. The zero-order valence-electron chi connectivity index (χ0n) is 9.89. The summed E-state index contributed by atoms with van der Waals surface area (Å²) in [6, 6.07) is 0. The van der Waals surface area contributed by atoms with E-state index in [1.54, 1.807) is 5.57 Å². The summed E-state index contributed by atoms with van der Waals surface area (Å²) in [5, 5.41) is 0. The summed E-state index contributed by atoms with van der Waals surface area (Å²) in [6.45, 7) is 8.44. The Hall–Kier alpha value is -0.300. The molecule has 0 bridgehead atoms. The van der Waals surface area contributed by atoms with Crippen molar-refractivity contribution >= 4 is 0 Å². The third-order valence-corrected chi connectivity index (χ3v) is 2.96. The van der Waals surface area contributed by atoms with Crippen LogP contribution in [-0.2, 0) is 0 Å². The Kier molecular flexibility index (Phi) is 5.93. The van der Waals surface area contributed by atoms with Crippen molar-refractivity contribution in [2.45, 2.75) is 52.4 Å². The number of rotatable bonds is 4. The van der Waals surface area contributed by atoms with Crippen LogP contribution in [0, 0.1) is 0 Å². The Morgan fingerprint density at radius 2 is 2.07 bits per heavy atom. The number of allylic oxidation sites excluding steroid dienone is 1. The molecule has 0 aromatic carbocycles. The van der Waals surface area contributed by atoms with E-state index in [-0.39, 0.29) is 0 Å². The quantitative estimate of drug-likeness (QED) is 0.619. The second-order valence-corrected chi connectivity index (χ2v) is 4.35. The zero-order chi connectivity index (χ0) is 10.2. The lowest BCUT2D eigenvalue weighted by Crippen LogP contribution is -2.27. The van der Waals surface area contributed by atoms with E-state index in [1.807, 2.05) is 0 Å². The lowest BCUT2D eigenvalue weighted by molar-refractivity contribution is 0.271. The maximum Gasteiger partial charge on any atom is 0.00160 e. The van der Waals surface area contributed by atoms with Crippen LogP contribution in [0.4, 0.5) is 0 Å². The Labute approximate surface area is 89.2 Å². The van der Waals surface area contributed by atoms with Gasteiger partial charge in [-0.1, -0.05) is 31.9 Å². The topological polar surface area (TPSA) is 3.24 Å². The van der Waals surface area contributed by atoms with Crippen LogP contribution in [0.5, 0.6) is 0 Å². The van der Waals surface area contributed by atoms with E-state index < -0.39 is 0 Å². The fraction of sp³-hybridized carbons (Fsp3) is 0.846. The minimum atomic E-state index is 1.27. The molecule has 82 valence electrons. The number of hydrogen-bond acceptors (Lipinski definition) is 1. The molecule has 0 saturated carbocycles. The molecule has 0 spiro atoms.